The van der Waals surface area contributed by atoms with Gasteiger partial charge >= 0.3 is 30.3 Å². The van der Waals surface area contributed by atoms with E-state index in [4.69, 9.17) is 60.5 Å². The zero-order chi connectivity index (χ0) is 48.7. The topological polar surface area (TPSA) is 189 Å². The number of imide groups is 1. The molecule has 0 aromatic heterocycles. The van der Waals surface area contributed by atoms with Gasteiger partial charge in [-0.1, -0.05) is 46.9 Å². The third-order valence-corrected chi connectivity index (χ3v) is 8.76. The fourth-order valence-electron chi connectivity index (χ4n) is 5.04. The molecule has 5 N–H and O–H groups in total. The minimum atomic E-state index is -4.85. The quantitative estimate of drug-likeness (QED) is 0.0363. The van der Waals surface area contributed by atoms with Crippen molar-refractivity contribution in [2.75, 3.05) is 37.8 Å². The molecule has 3 amide bonds. The molecule has 4 aromatic rings. The van der Waals surface area contributed by atoms with E-state index in [9.17, 15) is 68.4 Å². The summed E-state index contributed by atoms with van der Waals surface area (Å²) < 4.78 is 141. The summed E-state index contributed by atoms with van der Waals surface area (Å²) in [6, 6.07) is 10.1. The molecule has 0 saturated carbocycles. The monoisotopic (exact) mass is 981 g/mol. The highest BCUT2D eigenvalue weighted by atomic mass is 35.5. The summed E-state index contributed by atoms with van der Waals surface area (Å²) in [5, 5.41) is 10.6. The highest BCUT2D eigenvalue weighted by Crippen LogP contribution is 2.41. The first-order valence-corrected chi connectivity index (χ1v) is 18.7. The Labute approximate surface area is 370 Å². The molecule has 0 saturated heterocycles. The minimum Gasteiger partial charge on any atom is -0.490 e. The van der Waals surface area contributed by atoms with Gasteiger partial charge in [-0.25, -0.2) is 4.79 Å². The Morgan fingerprint density at radius 2 is 1.12 bits per heavy atom. The number of hydrogen-bond donors (Lipinski definition) is 3. The van der Waals surface area contributed by atoms with Gasteiger partial charge in [0, 0.05) is 24.3 Å². The molecule has 5 rings (SSSR count). The molecule has 1 heterocycles. The van der Waals surface area contributed by atoms with Gasteiger partial charge in [-0.15, -0.1) is 0 Å². The highest BCUT2D eigenvalue weighted by Gasteiger charge is 2.38. The third-order valence-electron chi connectivity index (χ3n) is 7.83. The molecule has 13 nitrogen and oxygen atoms in total. The van der Waals surface area contributed by atoms with Gasteiger partial charge in [-0.3, -0.25) is 24.6 Å². The molecule has 4 aromatic carbocycles. The number of nitrogen functional groups attached to an aromatic ring is 2. The summed E-state index contributed by atoms with van der Waals surface area (Å²) in [4.78, 5) is 45.7. The van der Waals surface area contributed by atoms with Gasteiger partial charge in [0.1, 0.15) is 30.3 Å². The number of carbonyl (C=O) groups excluding carboxylic acids is 3. The minimum absolute atomic E-state index is 0.00832. The van der Waals surface area contributed by atoms with Crippen molar-refractivity contribution in [2.24, 2.45) is 0 Å². The number of anilines is 2. The fourth-order valence-corrected chi connectivity index (χ4v) is 5.82. The summed E-state index contributed by atoms with van der Waals surface area (Å²) in [7, 11) is 0. The van der Waals surface area contributed by atoms with Gasteiger partial charge < -0.3 is 31.0 Å². The van der Waals surface area contributed by atoms with E-state index < -0.39 is 90.2 Å². The van der Waals surface area contributed by atoms with E-state index in [0.717, 1.165) is 17.0 Å². The number of alkyl carbamates (subject to hydrolysis) is 1. The lowest BCUT2D eigenvalue weighted by Crippen LogP contribution is -2.34. The van der Waals surface area contributed by atoms with Gasteiger partial charge in [-0.2, -0.15) is 43.9 Å². The van der Waals surface area contributed by atoms with Crippen LogP contribution in [-0.2, 0) is 23.3 Å². The standard InChI is InChI=1S/C17H12ClF3N2O3.C14H18ClF3N2O3.C7H2ClF4NO2/c18-12-8-14(13(22)7-11(12)17(19,20)21)26-6-5-23-15(24)9-3-1-2-4-10(9)16(23)25;1-13(2,3)23-12(21)20-4-5-22-11-7-9(15)8(6-10(11)19)14(16,17)18;8-4-2-5(9)6(13(14)15)1-3(4)7(10,11)12/h1-4,7-8H,5-6,22H2;6-7H,4-5,19H2,1-3H3,(H,20,21);1-2H. The molecule has 64 heavy (non-hydrogen) atoms. The third kappa shape index (κ3) is 14.3. The first-order chi connectivity index (χ1) is 29.3. The second-order valence-electron chi connectivity index (χ2n) is 13.7. The second kappa shape index (κ2) is 20.7. The lowest BCUT2D eigenvalue weighted by Gasteiger charge is -2.19. The normalized spacial score (nSPS) is 12.7. The predicted molar refractivity (Wildman–Crippen MR) is 212 cm³/mol. The summed E-state index contributed by atoms with van der Waals surface area (Å²) in [6.07, 6.45) is -14.7. The molecule has 0 atom stereocenters. The van der Waals surface area contributed by atoms with E-state index in [1.807, 2.05) is 0 Å². The van der Waals surface area contributed by atoms with Crippen LogP contribution in [0.1, 0.15) is 58.2 Å². The number of nitrogens with zero attached hydrogens (tertiary/aromatic N) is 2. The molecular weight excluding hydrogens is 951 g/mol. The smallest absolute Gasteiger partial charge is 0.418 e. The molecule has 0 spiro atoms. The van der Waals surface area contributed by atoms with Gasteiger partial charge in [0.2, 0.25) is 5.82 Å². The molecule has 26 heteroatoms. The number of halogens is 13. The zero-order valence-corrected chi connectivity index (χ0v) is 35.1. The molecule has 0 fully saturated rings. The summed E-state index contributed by atoms with van der Waals surface area (Å²) >= 11 is 16.3. The van der Waals surface area contributed by atoms with Crippen molar-refractivity contribution in [3.63, 3.8) is 0 Å². The summed E-state index contributed by atoms with van der Waals surface area (Å²) in [5.41, 5.74) is 5.83. The van der Waals surface area contributed by atoms with Crippen LogP contribution in [-0.4, -0.2) is 59.6 Å². The number of amides is 3. The zero-order valence-electron chi connectivity index (χ0n) is 32.8. The van der Waals surface area contributed by atoms with Gasteiger partial charge in [-0.05, 0) is 45.0 Å². The fraction of sp³-hybridized carbons (Fsp3) is 0.289. The van der Waals surface area contributed by atoms with Crippen molar-refractivity contribution in [1.29, 1.82) is 0 Å². The molecule has 1 aliphatic rings. The van der Waals surface area contributed by atoms with Crippen LogP contribution in [0, 0.1) is 15.9 Å². The van der Waals surface area contributed by atoms with E-state index in [2.05, 4.69) is 5.32 Å². The van der Waals surface area contributed by atoms with Crippen molar-refractivity contribution < 1.29 is 77.4 Å². The van der Waals surface area contributed by atoms with Crippen molar-refractivity contribution in [3.05, 3.63) is 119 Å². The Morgan fingerprint density at radius 1 is 0.719 bits per heavy atom. The van der Waals surface area contributed by atoms with Gasteiger partial charge in [0.25, 0.3) is 11.8 Å². The van der Waals surface area contributed by atoms with E-state index in [-0.39, 0.29) is 61.3 Å². The number of benzene rings is 4. The summed E-state index contributed by atoms with van der Waals surface area (Å²) in [6.45, 7) is 5.01. The van der Waals surface area contributed by atoms with Crippen molar-refractivity contribution >= 4 is 69.8 Å². The molecule has 0 radical (unpaired) electrons. The first-order valence-electron chi connectivity index (χ1n) is 17.5. The lowest BCUT2D eigenvalue weighted by atomic mass is 10.1. The van der Waals surface area contributed by atoms with Crippen LogP contribution in [0.2, 0.25) is 15.1 Å². The van der Waals surface area contributed by atoms with Crippen molar-refractivity contribution in [1.82, 2.24) is 10.2 Å². The Morgan fingerprint density at radius 3 is 1.53 bits per heavy atom. The second-order valence-corrected chi connectivity index (χ2v) is 14.9. The van der Waals surface area contributed by atoms with Gasteiger partial charge in [0.15, 0.2) is 0 Å². The number of nitrogens with one attached hydrogen (secondary N) is 1. The van der Waals surface area contributed by atoms with Crippen molar-refractivity contribution in [3.8, 4) is 11.5 Å². The molecule has 348 valence electrons. The van der Waals surface area contributed by atoms with Crippen LogP contribution in [0.4, 0.5) is 65.8 Å². The molecular formula is C38H32Cl3F10N5O8. The largest absolute Gasteiger partial charge is 0.490 e. The number of rotatable bonds is 9. The molecule has 1 aliphatic heterocycles. The van der Waals surface area contributed by atoms with E-state index in [1.54, 1.807) is 45.0 Å². The number of alkyl halides is 9. The number of nitrogens with two attached hydrogens (primary N) is 2. The van der Waals surface area contributed by atoms with Crippen LogP contribution in [0.25, 0.3) is 0 Å². The number of carbonyl (C=O) groups is 3. The van der Waals surface area contributed by atoms with Crippen LogP contribution in [0.5, 0.6) is 11.5 Å². The number of nitro benzene ring substituents is 1. The maximum atomic E-state index is 12.8. The number of hydrogen-bond acceptors (Lipinski definition) is 10. The van der Waals surface area contributed by atoms with Crippen LogP contribution in [0.15, 0.2) is 60.7 Å². The average Bonchev–Trinajstić information content (AvgIpc) is 3.38. The maximum absolute atomic E-state index is 12.8. The van der Waals surface area contributed by atoms with E-state index in [1.165, 1.54) is 0 Å². The van der Waals surface area contributed by atoms with E-state index in [0.29, 0.717) is 23.3 Å². The Balaban J connectivity index is 0.000000265. The Hall–Kier alpha value is -5.94. The number of nitro groups is 1. The van der Waals surface area contributed by atoms with Crippen LogP contribution >= 0.6 is 34.8 Å². The Kier molecular flexibility index (Phi) is 17.0. The van der Waals surface area contributed by atoms with Crippen LogP contribution < -0.4 is 26.3 Å². The van der Waals surface area contributed by atoms with Crippen LogP contribution in [0.3, 0.4) is 0 Å². The predicted octanol–water partition coefficient (Wildman–Crippen LogP) is 10.9. The molecule has 0 aliphatic carbocycles. The average molecular weight is 983 g/mol. The van der Waals surface area contributed by atoms with Gasteiger partial charge in [0.05, 0.1) is 72.3 Å². The lowest BCUT2D eigenvalue weighted by molar-refractivity contribution is -0.387. The van der Waals surface area contributed by atoms with E-state index >= 15 is 0 Å². The number of fused-ring (bicyclic) bond motifs is 1. The molecule has 0 bridgehead atoms. The summed E-state index contributed by atoms with van der Waals surface area (Å²) in [5.74, 6) is -2.35. The van der Waals surface area contributed by atoms with Crippen molar-refractivity contribution in [2.45, 2.75) is 44.9 Å². The maximum Gasteiger partial charge on any atom is 0.418 e. The Bertz CT molecular complexity index is 2360. The number of ether oxygens (including phenoxy) is 3. The first kappa shape index (κ1) is 52.4. The molecule has 0 unspecified atom stereocenters. The SMILES string of the molecule is CC(C)(C)OC(=O)NCCOc1cc(Cl)c(C(F)(F)F)cc1N.Nc1cc(C(F)(F)F)c(Cl)cc1OCCN1C(=O)c2ccccc2C1=O.O=[N+]([O-])c1cc(C(F)(F)F)c(Cl)cc1F. The highest BCUT2D eigenvalue weighted by molar-refractivity contribution is 6.32.